The van der Waals surface area contributed by atoms with E-state index in [1.165, 1.54) is 12.0 Å². The predicted molar refractivity (Wildman–Crippen MR) is 63.6 cm³/mol. The van der Waals surface area contributed by atoms with E-state index >= 15 is 0 Å². The van der Waals surface area contributed by atoms with Gasteiger partial charge in [0.15, 0.2) is 6.23 Å². The number of aliphatic carboxylic acids is 1. The molecule has 2 atom stereocenters. The summed E-state index contributed by atoms with van der Waals surface area (Å²) < 4.78 is 10.0. The van der Waals surface area contributed by atoms with E-state index in [1.54, 1.807) is 19.3 Å². The SMILES string of the molecule is COC1N(C)C=CCC1(C(=O)O)C(=O)OCCC#N. The average molecular weight is 268 g/mol. The Morgan fingerprint density at radius 3 is 2.84 bits per heavy atom. The largest absolute Gasteiger partial charge is 0.480 e. The van der Waals surface area contributed by atoms with Crippen molar-refractivity contribution in [2.75, 3.05) is 20.8 Å². The summed E-state index contributed by atoms with van der Waals surface area (Å²) in [4.78, 5) is 25.2. The van der Waals surface area contributed by atoms with Crippen molar-refractivity contribution in [3.05, 3.63) is 12.3 Å². The lowest BCUT2D eigenvalue weighted by Crippen LogP contribution is -2.57. The van der Waals surface area contributed by atoms with Gasteiger partial charge in [-0.05, 0) is 12.6 Å². The molecule has 1 heterocycles. The van der Waals surface area contributed by atoms with Crippen LogP contribution in [0.25, 0.3) is 0 Å². The number of nitriles is 1. The van der Waals surface area contributed by atoms with Crippen LogP contribution in [-0.2, 0) is 19.1 Å². The van der Waals surface area contributed by atoms with Crippen LogP contribution in [0.5, 0.6) is 0 Å². The lowest BCUT2D eigenvalue weighted by atomic mass is 9.80. The molecule has 7 nitrogen and oxygen atoms in total. The maximum atomic E-state index is 12.1. The number of rotatable bonds is 5. The van der Waals surface area contributed by atoms with Crippen LogP contribution < -0.4 is 0 Å². The summed E-state index contributed by atoms with van der Waals surface area (Å²) in [5.41, 5.74) is -1.81. The summed E-state index contributed by atoms with van der Waals surface area (Å²) in [6.45, 7) is -0.131. The molecule has 7 heteroatoms. The zero-order valence-corrected chi connectivity index (χ0v) is 10.8. The lowest BCUT2D eigenvalue weighted by molar-refractivity contribution is -0.190. The van der Waals surface area contributed by atoms with Crippen molar-refractivity contribution in [2.24, 2.45) is 5.41 Å². The molecule has 0 spiro atoms. The number of methoxy groups -OCH3 is 1. The van der Waals surface area contributed by atoms with Gasteiger partial charge in [-0.1, -0.05) is 6.08 Å². The highest BCUT2D eigenvalue weighted by Gasteiger charge is 2.56. The Hall–Kier alpha value is -2.07. The zero-order chi connectivity index (χ0) is 14.5. The second-order valence-electron chi connectivity index (χ2n) is 4.16. The van der Waals surface area contributed by atoms with Gasteiger partial charge in [-0.3, -0.25) is 9.59 Å². The fourth-order valence-corrected chi connectivity index (χ4v) is 2.08. The van der Waals surface area contributed by atoms with Crippen molar-refractivity contribution in [3.8, 4) is 6.07 Å². The first-order chi connectivity index (χ1) is 9.00. The third-order valence-electron chi connectivity index (χ3n) is 2.99. The van der Waals surface area contributed by atoms with Crippen LogP contribution in [0.2, 0.25) is 0 Å². The quantitative estimate of drug-likeness (QED) is 0.436. The topological polar surface area (TPSA) is 99.9 Å². The van der Waals surface area contributed by atoms with Gasteiger partial charge in [0.25, 0.3) is 0 Å². The van der Waals surface area contributed by atoms with Crippen LogP contribution in [0.1, 0.15) is 12.8 Å². The lowest BCUT2D eigenvalue weighted by Gasteiger charge is -2.40. The van der Waals surface area contributed by atoms with Gasteiger partial charge in [0.2, 0.25) is 5.41 Å². The van der Waals surface area contributed by atoms with Crippen molar-refractivity contribution >= 4 is 11.9 Å². The highest BCUT2D eigenvalue weighted by atomic mass is 16.5. The number of nitrogens with zero attached hydrogens (tertiary/aromatic N) is 2. The molecule has 0 aromatic heterocycles. The molecule has 1 aliphatic heterocycles. The highest BCUT2D eigenvalue weighted by molar-refractivity contribution is 6.00. The summed E-state index contributed by atoms with van der Waals surface area (Å²) in [6.07, 6.45) is 2.28. The van der Waals surface area contributed by atoms with E-state index in [1.807, 2.05) is 6.07 Å². The summed E-state index contributed by atoms with van der Waals surface area (Å²) in [6, 6.07) is 1.82. The van der Waals surface area contributed by atoms with Gasteiger partial charge in [-0.2, -0.15) is 5.26 Å². The maximum Gasteiger partial charge on any atom is 0.328 e. The number of hydrogen-bond acceptors (Lipinski definition) is 6. The first-order valence-electron chi connectivity index (χ1n) is 5.69. The number of hydrogen-bond donors (Lipinski definition) is 1. The molecule has 0 saturated carbocycles. The number of carboxylic acid groups (broad SMARTS) is 1. The van der Waals surface area contributed by atoms with Crippen LogP contribution in [0, 0.1) is 16.7 Å². The van der Waals surface area contributed by atoms with Crippen LogP contribution in [0.15, 0.2) is 12.3 Å². The molecule has 2 unspecified atom stereocenters. The predicted octanol–water partition coefficient (Wildman–Crippen LogP) is 0.336. The molecule has 0 radical (unpaired) electrons. The van der Waals surface area contributed by atoms with Gasteiger partial charge in [0.1, 0.15) is 6.61 Å². The first-order valence-corrected chi connectivity index (χ1v) is 5.69. The van der Waals surface area contributed by atoms with E-state index in [-0.39, 0.29) is 19.4 Å². The third-order valence-corrected chi connectivity index (χ3v) is 2.99. The third kappa shape index (κ3) is 2.69. The summed E-state index contributed by atoms with van der Waals surface area (Å²) in [5, 5.41) is 17.8. The molecule has 19 heavy (non-hydrogen) atoms. The van der Waals surface area contributed by atoms with Crippen molar-refractivity contribution in [2.45, 2.75) is 19.1 Å². The fourth-order valence-electron chi connectivity index (χ4n) is 2.08. The van der Waals surface area contributed by atoms with E-state index in [4.69, 9.17) is 14.7 Å². The molecule has 0 amide bonds. The Kier molecular flexibility index (Phi) is 4.89. The Balaban J connectivity index is 3.03. The molecule has 1 N–H and O–H groups in total. The molecule has 1 rings (SSSR count). The number of ether oxygens (including phenoxy) is 2. The average Bonchev–Trinajstić information content (AvgIpc) is 2.38. The van der Waals surface area contributed by atoms with Crippen molar-refractivity contribution in [1.29, 1.82) is 5.26 Å². The Bertz CT molecular complexity index is 428. The normalized spacial score (nSPS) is 25.7. The number of esters is 1. The second kappa shape index (κ2) is 6.20. The number of carbonyl (C=O) groups excluding carboxylic acids is 1. The number of allylic oxidation sites excluding steroid dienone is 1. The van der Waals surface area contributed by atoms with Gasteiger partial charge < -0.3 is 19.5 Å². The second-order valence-corrected chi connectivity index (χ2v) is 4.16. The molecular weight excluding hydrogens is 252 g/mol. The molecular formula is C12H16N2O5. The summed E-state index contributed by atoms with van der Waals surface area (Å²) in [7, 11) is 2.95. The van der Waals surface area contributed by atoms with E-state index in [9.17, 15) is 14.7 Å². The molecule has 0 aromatic carbocycles. The van der Waals surface area contributed by atoms with Gasteiger partial charge in [-0.15, -0.1) is 0 Å². The maximum absolute atomic E-state index is 12.1. The van der Waals surface area contributed by atoms with Crippen LogP contribution in [-0.4, -0.2) is 48.9 Å². The first kappa shape index (κ1) is 15.0. The molecule has 104 valence electrons. The molecule has 0 aromatic rings. The van der Waals surface area contributed by atoms with Crippen LogP contribution in [0.4, 0.5) is 0 Å². The van der Waals surface area contributed by atoms with E-state index in [2.05, 4.69) is 0 Å². The Labute approximate surface area is 111 Å². The Morgan fingerprint density at radius 1 is 1.63 bits per heavy atom. The van der Waals surface area contributed by atoms with Crippen molar-refractivity contribution < 1.29 is 24.2 Å². The summed E-state index contributed by atoms with van der Waals surface area (Å²) >= 11 is 0. The van der Waals surface area contributed by atoms with E-state index in [0.29, 0.717) is 0 Å². The van der Waals surface area contributed by atoms with E-state index < -0.39 is 23.6 Å². The molecule has 0 fully saturated rings. The number of carboxylic acids is 1. The van der Waals surface area contributed by atoms with Gasteiger partial charge in [0, 0.05) is 14.2 Å². The van der Waals surface area contributed by atoms with Gasteiger partial charge >= 0.3 is 11.9 Å². The van der Waals surface area contributed by atoms with Gasteiger partial charge in [0.05, 0.1) is 12.5 Å². The zero-order valence-electron chi connectivity index (χ0n) is 10.8. The standard InChI is InChI=1S/C12H16N2O5/c1-14-7-3-5-12(10(15)16,9(14)18-2)11(17)19-8-4-6-13/h3,7,9H,4-5,8H2,1-2H3,(H,15,16). The molecule has 0 saturated heterocycles. The van der Waals surface area contributed by atoms with Crippen LogP contribution >= 0.6 is 0 Å². The number of carbonyl (C=O) groups is 2. The minimum Gasteiger partial charge on any atom is -0.480 e. The molecule has 0 bridgehead atoms. The van der Waals surface area contributed by atoms with E-state index in [0.717, 1.165) is 0 Å². The minimum absolute atomic E-state index is 0.0173. The highest BCUT2D eigenvalue weighted by Crippen LogP contribution is 2.36. The smallest absolute Gasteiger partial charge is 0.328 e. The monoisotopic (exact) mass is 268 g/mol. The Morgan fingerprint density at radius 2 is 2.32 bits per heavy atom. The van der Waals surface area contributed by atoms with Gasteiger partial charge in [-0.25, -0.2) is 0 Å². The fraction of sp³-hybridized carbons (Fsp3) is 0.583. The van der Waals surface area contributed by atoms with Crippen LogP contribution in [0.3, 0.4) is 0 Å². The summed E-state index contributed by atoms with van der Waals surface area (Å²) in [5.74, 6) is -2.20. The minimum atomic E-state index is -1.81. The van der Waals surface area contributed by atoms with Crippen molar-refractivity contribution in [1.82, 2.24) is 4.90 Å². The molecule has 0 aliphatic carbocycles. The van der Waals surface area contributed by atoms with Crippen molar-refractivity contribution in [3.63, 3.8) is 0 Å². The molecule has 1 aliphatic rings.